The zero-order valence-electron chi connectivity index (χ0n) is 14.3. The molecule has 0 unspecified atom stereocenters. The first-order valence-corrected chi connectivity index (χ1v) is 9.17. The highest BCUT2D eigenvalue weighted by Gasteiger charge is 2.07. The van der Waals surface area contributed by atoms with Crippen molar-refractivity contribution in [2.24, 2.45) is 0 Å². The van der Waals surface area contributed by atoms with Gasteiger partial charge in [0.2, 0.25) is 0 Å². The molecule has 0 aliphatic rings. The number of fused-ring (bicyclic) bond motifs is 1. The van der Waals surface area contributed by atoms with Gasteiger partial charge < -0.3 is 9.88 Å². The summed E-state index contributed by atoms with van der Waals surface area (Å²) < 4.78 is 2.31. The van der Waals surface area contributed by atoms with E-state index in [0.717, 1.165) is 29.5 Å². The molecule has 4 rings (SSSR count). The second kappa shape index (κ2) is 6.98. The van der Waals surface area contributed by atoms with Crippen molar-refractivity contribution in [3.05, 3.63) is 65.4 Å². The molecule has 128 valence electrons. The average Bonchev–Trinajstić information content (AvgIpc) is 3.27. The smallest absolute Gasteiger partial charge is 0.130 e. The number of aromatic nitrogens is 3. The van der Waals surface area contributed by atoms with E-state index in [-0.39, 0.29) is 0 Å². The molecular weight excluding hydrogens is 342 g/mol. The van der Waals surface area contributed by atoms with Gasteiger partial charge in [0.1, 0.15) is 23.1 Å². The number of rotatable bonds is 5. The number of aryl methyl sites for hydroxylation is 1. The van der Waals surface area contributed by atoms with Gasteiger partial charge in [0.25, 0.3) is 0 Å². The van der Waals surface area contributed by atoms with E-state index >= 15 is 0 Å². The van der Waals surface area contributed by atoms with Crippen molar-refractivity contribution >= 4 is 28.1 Å². The molecule has 0 aliphatic heterocycles. The summed E-state index contributed by atoms with van der Waals surface area (Å²) in [6, 6.07) is 18.4. The molecule has 0 bridgehead atoms. The second-order valence-corrected chi connectivity index (χ2v) is 7.07. The molecule has 26 heavy (non-hydrogen) atoms. The molecule has 4 aromatic rings. The van der Waals surface area contributed by atoms with Gasteiger partial charge in [0, 0.05) is 30.4 Å². The molecule has 1 aromatic carbocycles. The number of benzene rings is 1. The van der Waals surface area contributed by atoms with E-state index in [1.165, 1.54) is 27.9 Å². The number of anilines is 1. The van der Waals surface area contributed by atoms with E-state index in [2.05, 4.69) is 63.2 Å². The maximum atomic E-state index is 8.97. The number of nitrogens with zero attached hydrogens (tertiary/aromatic N) is 4. The fourth-order valence-corrected chi connectivity index (χ4v) is 3.84. The summed E-state index contributed by atoms with van der Waals surface area (Å²) >= 11 is 1.44. The van der Waals surface area contributed by atoms with E-state index in [1.54, 1.807) is 6.33 Å². The Kier molecular flexibility index (Phi) is 4.38. The molecule has 0 amide bonds. The van der Waals surface area contributed by atoms with Crippen LogP contribution < -0.4 is 5.32 Å². The molecule has 5 nitrogen and oxygen atoms in total. The van der Waals surface area contributed by atoms with Crippen molar-refractivity contribution in [1.82, 2.24) is 14.5 Å². The van der Waals surface area contributed by atoms with Gasteiger partial charge in [0.05, 0.1) is 10.6 Å². The summed E-state index contributed by atoms with van der Waals surface area (Å²) in [5.41, 5.74) is 3.33. The minimum Gasteiger partial charge on any atom is -0.368 e. The highest BCUT2D eigenvalue weighted by molar-refractivity contribution is 7.15. The summed E-state index contributed by atoms with van der Waals surface area (Å²) in [6.45, 7) is 3.76. The lowest BCUT2D eigenvalue weighted by Gasteiger charge is -2.10. The second-order valence-electron chi connectivity index (χ2n) is 5.99. The molecule has 0 radical (unpaired) electrons. The summed E-state index contributed by atoms with van der Waals surface area (Å²) in [5, 5.41) is 13.6. The standard InChI is InChI=1S/C20H17N5S/c1-14-10-15-4-2-3-5-18(15)25(14)9-8-22-20-11-17(23-13-24-20)19-7-6-16(12-21)26-19/h2-7,10-11,13H,8-9H2,1H3,(H,22,23,24). The zero-order valence-corrected chi connectivity index (χ0v) is 15.1. The van der Waals surface area contributed by atoms with Crippen LogP contribution in [0, 0.1) is 18.3 Å². The summed E-state index contributed by atoms with van der Waals surface area (Å²) in [6.07, 6.45) is 1.56. The van der Waals surface area contributed by atoms with E-state index < -0.39 is 0 Å². The first kappa shape index (κ1) is 16.3. The fourth-order valence-electron chi connectivity index (χ4n) is 3.07. The van der Waals surface area contributed by atoms with Gasteiger partial charge in [-0.2, -0.15) is 5.26 Å². The topological polar surface area (TPSA) is 66.5 Å². The lowest BCUT2D eigenvalue weighted by atomic mass is 10.2. The van der Waals surface area contributed by atoms with Crippen LogP contribution in [-0.2, 0) is 6.54 Å². The molecule has 1 N–H and O–H groups in total. The van der Waals surface area contributed by atoms with Crippen molar-refractivity contribution in [2.45, 2.75) is 13.5 Å². The molecule has 3 aromatic heterocycles. The highest BCUT2D eigenvalue weighted by Crippen LogP contribution is 2.27. The van der Waals surface area contributed by atoms with Crippen LogP contribution in [0.3, 0.4) is 0 Å². The third kappa shape index (κ3) is 3.17. The first-order chi connectivity index (χ1) is 12.7. The van der Waals surface area contributed by atoms with Crippen molar-refractivity contribution in [3.63, 3.8) is 0 Å². The molecular formula is C20H17N5S. The van der Waals surface area contributed by atoms with Crippen LogP contribution in [0.1, 0.15) is 10.6 Å². The molecule has 0 fully saturated rings. The number of para-hydroxylation sites is 1. The van der Waals surface area contributed by atoms with Crippen LogP contribution in [0.5, 0.6) is 0 Å². The van der Waals surface area contributed by atoms with Gasteiger partial charge in [-0.15, -0.1) is 11.3 Å². The summed E-state index contributed by atoms with van der Waals surface area (Å²) in [7, 11) is 0. The van der Waals surface area contributed by atoms with Crippen LogP contribution in [0.15, 0.2) is 54.9 Å². The Bertz CT molecular complexity index is 1100. The molecule has 0 saturated carbocycles. The molecule has 0 spiro atoms. The Morgan fingerprint density at radius 1 is 1.15 bits per heavy atom. The van der Waals surface area contributed by atoms with E-state index in [4.69, 9.17) is 5.26 Å². The molecule has 0 aliphatic carbocycles. The van der Waals surface area contributed by atoms with Gasteiger partial charge in [0.15, 0.2) is 0 Å². The average molecular weight is 359 g/mol. The quantitative estimate of drug-likeness (QED) is 0.571. The SMILES string of the molecule is Cc1cc2ccccc2n1CCNc1cc(-c2ccc(C#N)s2)ncn1. The van der Waals surface area contributed by atoms with Gasteiger partial charge in [-0.3, -0.25) is 0 Å². The van der Waals surface area contributed by atoms with Crippen molar-refractivity contribution in [2.75, 3.05) is 11.9 Å². The van der Waals surface area contributed by atoms with Crippen LogP contribution >= 0.6 is 11.3 Å². The number of hydrogen-bond acceptors (Lipinski definition) is 5. The third-order valence-corrected chi connectivity index (χ3v) is 5.31. The number of thiophene rings is 1. The number of nitrogens with one attached hydrogen (secondary N) is 1. The minimum atomic E-state index is 0.683. The Morgan fingerprint density at radius 3 is 2.88 bits per heavy atom. The normalized spacial score (nSPS) is 10.8. The monoisotopic (exact) mass is 359 g/mol. The Hall–Kier alpha value is -3.17. The predicted octanol–water partition coefficient (Wildman–Crippen LogP) is 4.45. The molecule has 6 heteroatoms. The van der Waals surface area contributed by atoms with E-state index in [9.17, 15) is 0 Å². The number of hydrogen-bond donors (Lipinski definition) is 1. The lowest BCUT2D eigenvalue weighted by molar-refractivity contribution is 0.733. The molecule has 0 saturated heterocycles. The van der Waals surface area contributed by atoms with Crippen molar-refractivity contribution < 1.29 is 0 Å². The maximum absolute atomic E-state index is 8.97. The molecule has 3 heterocycles. The summed E-state index contributed by atoms with van der Waals surface area (Å²) in [5.74, 6) is 0.788. The lowest BCUT2D eigenvalue weighted by Crippen LogP contribution is -2.12. The van der Waals surface area contributed by atoms with Crippen molar-refractivity contribution in [3.8, 4) is 16.6 Å². The largest absolute Gasteiger partial charge is 0.368 e. The van der Waals surface area contributed by atoms with Gasteiger partial charge in [-0.25, -0.2) is 9.97 Å². The third-order valence-electron chi connectivity index (χ3n) is 4.29. The maximum Gasteiger partial charge on any atom is 0.130 e. The van der Waals surface area contributed by atoms with Gasteiger partial charge >= 0.3 is 0 Å². The van der Waals surface area contributed by atoms with Gasteiger partial charge in [-0.05, 0) is 36.6 Å². The van der Waals surface area contributed by atoms with Crippen LogP contribution in [0.2, 0.25) is 0 Å². The van der Waals surface area contributed by atoms with Crippen molar-refractivity contribution in [1.29, 1.82) is 5.26 Å². The van der Waals surface area contributed by atoms with Gasteiger partial charge in [-0.1, -0.05) is 18.2 Å². The van der Waals surface area contributed by atoms with E-state index in [0.29, 0.717) is 4.88 Å². The predicted molar refractivity (Wildman–Crippen MR) is 105 cm³/mol. The Morgan fingerprint density at radius 2 is 2.04 bits per heavy atom. The van der Waals surface area contributed by atoms with Crippen LogP contribution in [0.25, 0.3) is 21.5 Å². The Balaban J connectivity index is 1.47. The highest BCUT2D eigenvalue weighted by atomic mass is 32.1. The van der Waals surface area contributed by atoms with Crippen LogP contribution in [0.4, 0.5) is 5.82 Å². The van der Waals surface area contributed by atoms with Crippen LogP contribution in [-0.4, -0.2) is 21.1 Å². The molecule has 0 atom stereocenters. The number of nitriles is 1. The minimum absolute atomic E-state index is 0.683. The fraction of sp³-hybridized carbons (Fsp3) is 0.150. The zero-order chi connectivity index (χ0) is 17.9. The Labute approximate surface area is 155 Å². The summed E-state index contributed by atoms with van der Waals surface area (Å²) in [4.78, 5) is 10.3. The van der Waals surface area contributed by atoms with E-state index in [1.807, 2.05) is 18.2 Å². The first-order valence-electron chi connectivity index (χ1n) is 8.36.